The Morgan fingerprint density at radius 3 is 2.39 bits per heavy atom. The first-order valence-electron chi connectivity index (χ1n) is 10.5. The molecule has 3 rings (SSSR count). The number of nitrogens with one attached hydrogen (secondary N) is 2. The van der Waals surface area contributed by atoms with Gasteiger partial charge in [-0.1, -0.05) is 11.6 Å². The predicted molar refractivity (Wildman–Crippen MR) is 132 cm³/mol. The van der Waals surface area contributed by atoms with Crippen LogP contribution in [0.5, 0.6) is 5.75 Å². The van der Waals surface area contributed by atoms with Gasteiger partial charge in [0, 0.05) is 30.7 Å². The van der Waals surface area contributed by atoms with Crippen molar-refractivity contribution in [2.24, 2.45) is 0 Å². The van der Waals surface area contributed by atoms with E-state index >= 15 is 0 Å². The summed E-state index contributed by atoms with van der Waals surface area (Å²) in [7, 11) is 0. The highest BCUT2D eigenvalue weighted by Gasteiger charge is 2.43. The van der Waals surface area contributed by atoms with E-state index in [1.54, 1.807) is 53.4 Å². The predicted octanol–water partition coefficient (Wildman–Crippen LogP) is 3.21. The van der Waals surface area contributed by atoms with Gasteiger partial charge < -0.3 is 20.3 Å². The van der Waals surface area contributed by atoms with Crippen LogP contribution in [0.2, 0.25) is 5.02 Å². The molecule has 2 aromatic rings. The second-order valence-electron chi connectivity index (χ2n) is 7.33. The molecular formula is C23H25ClN4O4S. The maximum atomic E-state index is 13.3. The van der Waals surface area contributed by atoms with Gasteiger partial charge in [0.2, 0.25) is 11.8 Å². The molecule has 1 aliphatic rings. The summed E-state index contributed by atoms with van der Waals surface area (Å²) < 4.78 is 5.46. The summed E-state index contributed by atoms with van der Waals surface area (Å²) in [6, 6.07) is 12.9. The second kappa shape index (κ2) is 11.1. The molecular weight excluding hydrogens is 464 g/mol. The van der Waals surface area contributed by atoms with Gasteiger partial charge >= 0.3 is 0 Å². The molecule has 3 amide bonds. The van der Waals surface area contributed by atoms with E-state index in [1.807, 2.05) is 6.92 Å². The SMILES string of the molecule is CCOc1ccc(N2C(=O)[C@H](CC(=O)Nc3ccc(Cl)cc3)N(CCNC(C)=O)C2=S)cc1. The third kappa shape index (κ3) is 6.21. The van der Waals surface area contributed by atoms with Crippen LogP contribution in [0.3, 0.4) is 0 Å². The molecule has 2 aromatic carbocycles. The van der Waals surface area contributed by atoms with Crippen molar-refractivity contribution in [1.82, 2.24) is 10.2 Å². The van der Waals surface area contributed by atoms with Gasteiger partial charge in [-0.25, -0.2) is 0 Å². The number of ether oxygens (including phenoxy) is 1. The Bertz CT molecular complexity index is 1030. The third-order valence-electron chi connectivity index (χ3n) is 4.96. The van der Waals surface area contributed by atoms with Crippen molar-refractivity contribution in [2.45, 2.75) is 26.3 Å². The molecule has 33 heavy (non-hydrogen) atoms. The lowest BCUT2D eigenvalue weighted by Crippen LogP contribution is -2.42. The zero-order valence-corrected chi connectivity index (χ0v) is 19.9. The molecule has 0 bridgehead atoms. The fourth-order valence-corrected chi connectivity index (χ4v) is 4.00. The second-order valence-corrected chi connectivity index (χ2v) is 8.14. The van der Waals surface area contributed by atoms with Crippen molar-refractivity contribution in [3.05, 3.63) is 53.6 Å². The molecule has 0 unspecified atom stereocenters. The molecule has 1 saturated heterocycles. The molecule has 0 saturated carbocycles. The zero-order chi connectivity index (χ0) is 24.0. The molecule has 1 atom stereocenters. The van der Waals surface area contributed by atoms with Crippen molar-refractivity contribution in [3.63, 3.8) is 0 Å². The van der Waals surface area contributed by atoms with Gasteiger partial charge in [-0.3, -0.25) is 19.3 Å². The van der Waals surface area contributed by atoms with Crippen LogP contribution < -0.4 is 20.3 Å². The number of hydrogen-bond donors (Lipinski definition) is 2. The van der Waals surface area contributed by atoms with Crippen LogP contribution in [0.1, 0.15) is 20.3 Å². The molecule has 0 spiro atoms. The highest BCUT2D eigenvalue weighted by atomic mass is 35.5. The maximum absolute atomic E-state index is 13.3. The molecule has 174 valence electrons. The average Bonchev–Trinajstić information content (AvgIpc) is 3.00. The van der Waals surface area contributed by atoms with E-state index in [1.165, 1.54) is 11.8 Å². The first kappa shape index (κ1) is 24.5. The standard InChI is InChI=1S/C23H25ClN4O4S/c1-3-32-19-10-8-18(9-11-19)28-22(31)20(27(23(28)33)13-12-25-15(2)29)14-21(30)26-17-6-4-16(24)5-7-17/h4-11,20H,3,12-14H2,1-2H3,(H,25,29)(H,26,30)/t20-/m0/s1. The van der Waals surface area contributed by atoms with E-state index < -0.39 is 6.04 Å². The van der Waals surface area contributed by atoms with Crippen molar-refractivity contribution >= 4 is 58.0 Å². The van der Waals surface area contributed by atoms with Crippen LogP contribution in [-0.2, 0) is 14.4 Å². The lowest BCUT2D eigenvalue weighted by Gasteiger charge is -2.24. The molecule has 1 heterocycles. The lowest BCUT2D eigenvalue weighted by atomic mass is 10.1. The van der Waals surface area contributed by atoms with Gasteiger partial charge in [-0.05, 0) is 67.7 Å². The van der Waals surface area contributed by atoms with E-state index in [9.17, 15) is 14.4 Å². The lowest BCUT2D eigenvalue weighted by molar-refractivity contribution is -0.124. The molecule has 10 heteroatoms. The highest BCUT2D eigenvalue weighted by Crippen LogP contribution is 2.29. The Morgan fingerprint density at radius 1 is 1.12 bits per heavy atom. The minimum atomic E-state index is -0.801. The summed E-state index contributed by atoms with van der Waals surface area (Å²) in [5, 5.41) is 6.31. The molecule has 0 aromatic heterocycles. The largest absolute Gasteiger partial charge is 0.494 e. The molecule has 8 nitrogen and oxygen atoms in total. The molecule has 2 N–H and O–H groups in total. The van der Waals surface area contributed by atoms with E-state index in [4.69, 9.17) is 28.6 Å². The van der Waals surface area contributed by atoms with Gasteiger partial charge in [-0.15, -0.1) is 0 Å². The van der Waals surface area contributed by atoms with Crippen LogP contribution in [0.4, 0.5) is 11.4 Å². The number of rotatable bonds is 9. The van der Waals surface area contributed by atoms with Gasteiger partial charge in [-0.2, -0.15) is 0 Å². The molecule has 0 aliphatic carbocycles. The Balaban J connectivity index is 1.79. The van der Waals surface area contributed by atoms with Crippen molar-refractivity contribution in [1.29, 1.82) is 0 Å². The highest BCUT2D eigenvalue weighted by molar-refractivity contribution is 7.80. The number of anilines is 2. The number of benzene rings is 2. The first-order chi connectivity index (χ1) is 15.8. The van der Waals surface area contributed by atoms with Gasteiger partial charge in [0.1, 0.15) is 11.8 Å². The fraction of sp³-hybridized carbons (Fsp3) is 0.304. The number of amides is 3. The summed E-state index contributed by atoms with van der Waals surface area (Å²) in [6.45, 7) is 4.41. The number of halogens is 1. The van der Waals surface area contributed by atoms with E-state index in [0.29, 0.717) is 28.8 Å². The van der Waals surface area contributed by atoms with Crippen molar-refractivity contribution in [3.8, 4) is 5.75 Å². The Hall–Kier alpha value is -3.17. The number of carbonyl (C=O) groups excluding carboxylic acids is 3. The Morgan fingerprint density at radius 2 is 1.79 bits per heavy atom. The van der Waals surface area contributed by atoms with E-state index in [-0.39, 0.29) is 42.3 Å². The Labute approximate surface area is 202 Å². The number of hydrogen-bond acceptors (Lipinski definition) is 5. The van der Waals surface area contributed by atoms with Crippen molar-refractivity contribution < 1.29 is 19.1 Å². The van der Waals surface area contributed by atoms with Crippen LogP contribution >= 0.6 is 23.8 Å². The smallest absolute Gasteiger partial charge is 0.256 e. The minimum Gasteiger partial charge on any atom is -0.494 e. The summed E-state index contributed by atoms with van der Waals surface area (Å²) in [4.78, 5) is 40.5. The van der Waals surface area contributed by atoms with Crippen LogP contribution in [0, 0.1) is 0 Å². The molecule has 1 fully saturated rings. The topological polar surface area (TPSA) is 91.0 Å². The van der Waals surface area contributed by atoms with Crippen LogP contribution in [0.15, 0.2) is 48.5 Å². The minimum absolute atomic E-state index is 0.102. The number of thiocarbonyl (C=S) groups is 1. The molecule has 1 aliphatic heterocycles. The van der Waals surface area contributed by atoms with Crippen LogP contribution in [0.25, 0.3) is 0 Å². The monoisotopic (exact) mass is 488 g/mol. The zero-order valence-electron chi connectivity index (χ0n) is 18.3. The van der Waals surface area contributed by atoms with E-state index in [2.05, 4.69) is 10.6 Å². The third-order valence-corrected chi connectivity index (χ3v) is 5.63. The first-order valence-corrected chi connectivity index (χ1v) is 11.3. The van der Waals surface area contributed by atoms with Gasteiger partial charge in [0.25, 0.3) is 5.91 Å². The number of carbonyl (C=O) groups is 3. The maximum Gasteiger partial charge on any atom is 0.256 e. The summed E-state index contributed by atoms with van der Waals surface area (Å²) in [5.41, 5.74) is 1.16. The fourth-order valence-electron chi connectivity index (χ4n) is 3.46. The normalized spacial score (nSPS) is 15.5. The van der Waals surface area contributed by atoms with Crippen molar-refractivity contribution in [2.75, 3.05) is 29.9 Å². The molecule has 0 radical (unpaired) electrons. The van der Waals surface area contributed by atoms with E-state index in [0.717, 1.165) is 0 Å². The summed E-state index contributed by atoms with van der Waals surface area (Å²) in [6.07, 6.45) is -0.102. The quantitative estimate of drug-likeness (QED) is 0.527. The van der Waals surface area contributed by atoms with Gasteiger partial charge in [0.05, 0.1) is 18.7 Å². The Kier molecular flexibility index (Phi) is 8.24. The number of nitrogens with zero attached hydrogens (tertiary/aromatic N) is 2. The summed E-state index contributed by atoms with van der Waals surface area (Å²) >= 11 is 11.5. The average molecular weight is 489 g/mol. The van der Waals surface area contributed by atoms with Gasteiger partial charge in [0.15, 0.2) is 5.11 Å². The van der Waals surface area contributed by atoms with Crippen LogP contribution in [-0.4, -0.2) is 53.5 Å². The summed E-state index contributed by atoms with van der Waals surface area (Å²) in [5.74, 6) is -0.151.